The molecule has 3 aliphatic rings. The van der Waals surface area contributed by atoms with Gasteiger partial charge in [0, 0.05) is 44.3 Å². The molecule has 2 heteroatoms. The minimum atomic E-state index is 0.0813. The van der Waals surface area contributed by atoms with Crippen molar-refractivity contribution in [2.75, 3.05) is 4.90 Å². The molecule has 15 rings (SSSR count). The fraction of sp³-hybridized carbons (Fsp3) is 0.0857. The lowest BCUT2D eigenvalue weighted by atomic mass is 9.67. The van der Waals surface area contributed by atoms with Gasteiger partial charge in [-0.25, -0.2) is 0 Å². The van der Waals surface area contributed by atoms with E-state index >= 15 is 0 Å². The lowest BCUT2D eigenvalue weighted by Gasteiger charge is -2.36. The van der Waals surface area contributed by atoms with Crippen molar-refractivity contribution in [2.24, 2.45) is 0 Å². The first-order valence-corrected chi connectivity index (χ1v) is 25.8. The lowest BCUT2D eigenvalue weighted by Crippen LogP contribution is -2.28. The van der Waals surface area contributed by atoms with Crippen LogP contribution in [0.15, 0.2) is 243 Å². The zero-order valence-corrected chi connectivity index (χ0v) is 40.0. The number of nitrogens with zero attached hydrogens (tertiary/aromatic N) is 2. The van der Waals surface area contributed by atoms with Crippen LogP contribution in [0, 0.1) is 0 Å². The van der Waals surface area contributed by atoms with Crippen molar-refractivity contribution >= 4 is 49.6 Å². The molecule has 0 N–H and O–H groups in total. The van der Waals surface area contributed by atoms with E-state index in [-0.39, 0.29) is 5.41 Å². The lowest BCUT2D eigenvalue weighted by molar-refractivity contribution is 0.353. The van der Waals surface area contributed by atoms with E-state index in [0.717, 1.165) is 17.1 Å². The standard InChI is InChI=1S/C70H50N2/c1-4-18-46(19-5-1)50-34-39-65(61(44-50)48-21-6-2-7-22-48)71(54-35-32-47-20-8-9-23-49(47)42-54)53-25-16-24-51(43-53)55-26-10-11-27-56(55)52-33-36-58-60-37-38-63-68-67-59(29-17-30-62(67)70(63)40-14-3-15-41-70)57-28-12-13-31-64(57)72(69(60)68)66(58)45-52/h1-2,4-13,16-39,42-45H,3,14-15,40-41H2. The third kappa shape index (κ3) is 6.15. The van der Waals surface area contributed by atoms with Crippen molar-refractivity contribution < 1.29 is 0 Å². The van der Waals surface area contributed by atoms with Gasteiger partial charge in [0.05, 0.1) is 22.4 Å². The Morgan fingerprint density at radius 2 is 0.972 bits per heavy atom. The Hall–Kier alpha value is -8.72. The Morgan fingerprint density at radius 1 is 0.347 bits per heavy atom. The van der Waals surface area contributed by atoms with Gasteiger partial charge >= 0.3 is 0 Å². The first kappa shape index (κ1) is 41.1. The monoisotopic (exact) mass is 918 g/mol. The van der Waals surface area contributed by atoms with Gasteiger partial charge in [0.1, 0.15) is 0 Å². The zero-order chi connectivity index (χ0) is 47.3. The van der Waals surface area contributed by atoms with Crippen LogP contribution >= 0.6 is 0 Å². The molecule has 0 bridgehead atoms. The third-order valence-electron chi connectivity index (χ3n) is 16.5. The molecule has 2 aliphatic carbocycles. The summed E-state index contributed by atoms with van der Waals surface area (Å²) in [7, 11) is 0. The van der Waals surface area contributed by atoms with Crippen molar-refractivity contribution in [1.29, 1.82) is 0 Å². The number of benzene rings is 11. The number of fused-ring (bicyclic) bond motifs is 9. The molecule has 11 aromatic carbocycles. The molecule has 0 atom stereocenters. The van der Waals surface area contributed by atoms with Crippen LogP contribution in [0.5, 0.6) is 0 Å². The minimum Gasteiger partial charge on any atom is -0.310 e. The highest BCUT2D eigenvalue weighted by Gasteiger charge is 2.47. The first-order valence-electron chi connectivity index (χ1n) is 25.8. The maximum absolute atomic E-state index is 2.63. The number of aromatic nitrogens is 1. The molecular formula is C70H50N2. The first-order chi connectivity index (χ1) is 35.7. The van der Waals surface area contributed by atoms with Crippen LogP contribution in [0.3, 0.4) is 0 Å². The van der Waals surface area contributed by atoms with Crippen LogP contribution in [0.2, 0.25) is 0 Å². The van der Waals surface area contributed by atoms with Crippen molar-refractivity contribution in [3.63, 3.8) is 0 Å². The Kier molecular flexibility index (Phi) is 9.23. The molecular weight excluding hydrogens is 869 g/mol. The fourth-order valence-corrected chi connectivity index (χ4v) is 13.3. The number of anilines is 3. The van der Waals surface area contributed by atoms with Gasteiger partial charge < -0.3 is 9.47 Å². The normalized spacial score (nSPS) is 13.9. The Balaban J connectivity index is 0.916. The molecule has 2 nitrogen and oxygen atoms in total. The summed E-state index contributed by atoms with van der Waals surface area (Å²) in [6, 6.07) is 90.8. The van der Waals surface area contributed by atoms with Gasteiger partial charge in [0.2, 0.25) is 0 Å². The van der Waals surface area contributed by atoms with E-state index in [1.54, 1.807) is 11.1 Å². The molecule has 1 aromatic heterocycles. The van der Waals surface area contributed by atoms with Crippen LogP contribution in [-0.4, -0.2) is 4.57 Å². The largest absolute Gasteiger partial charge is 0.310 e. The summed E-state index contributed by atoms with van der Waals surface area (Å²) in [4.78, 5) is 2.46. The summed E-state index contributed by atoms with van der Waals surface area (Å²) in [5.41, 5.74) is 25.5. The molecule has 72 heavy (non-hydrogen) atoms. The number of hydrogen-bond acceptors (Lipinski definition) is 1. The SMILES string of the molecule is c1ccc(-c2ccc(N(c3cccc(-c4ccccc4-c4ccc5c6ccc7c8c6n(c5c4)-c4ccccc4-c4cccc(c4-8)C74CCCCC4)c3)c3ccc4ccccc4c3)c(-c3ccccc3)c2)cc1. The summed E-state index contributed by atoms with van der Waals surface area (Å²) < 4.78 is 2.63. The number of para-hydroxylation sites is 1. The second kappa shape index (κ2) is 16.2. The van der Waals surface area contributed by atoms with E-state index in [2.05, 4.69) is 252 Å². The number of rotatable bonds is 7. The van der Waals surface area contributed by atoms with Crippen molar-refractivity contribution in [1.82, 2.24) is 4.57 Å². The molecule has 340 valence electrons. The maximum atomic E-state index is 2.63. The average molecular weight is 919 g/mol. The highest BCUT2D eigenvalue weighted by molar-refractivity contribution is 6.19. The van der Waals surface area contributed by atoms with Gasteiger partial charge in [-0.15, -0.1) is 0 Å². The highest BCUT2D eigenvalue weighted by atomic mass is 15.1. The maximum Gasteiger partial charge on any atom is 0.0623 e. The molecule has 0 amide bonds. The van der Waals surface area contributed by atoms with Gasteiger partial charge in [-0.2, -0.15) is 0 Å². The summed E-state index contributed by atoms with van der Waals surface area (Å²) in [6.07, 6.45) is 6.34. The van der Waals surface area contributed by atoms with E-state index in [1.807, 2.05) is 0 Å². The quantitative estimate of drug-likeness (QED) is 0.155. The average Bonchev–Trinajstić information content (AvgIpc) is 3.88. The molecule has 12 aromatic rings. The van der Waals surface area contributed by atoms with Crippen molar-refractivity contribution in [3.8, 4) is 72.4 Å². The molecule has 2 heterocycles. The molecule has 0 unspecified atom stereocenters. The highest BCUT2D eigenvalue weighted by Crippen LogP contribution is 2.62. The van der Waals surface area contributed by atoms with Crippen LogP contribution in [0.1, 0.15) is 43.2 Å². The number of hydrogen-bond donors (Lipinski definition) is 0. The second-order valence-electron chi connectivity index (χ2n) is 20.3. The smallest absolute Gasteiger partial charge is 0.0623 e. The zero-order valence-electron chi connectivity index (χ0n) is 40.0. The molecule has 1 saturated carbocycles. The summed E-state index contributed by atoms with van der Waals surface area (Å²) in [5, 5.41) is 5.06. The van der Waals surface area contributed by atoms with Gasteiger partial charge in [-0.1, -0.05) is 213 Å². The van der Waals surface area contributed by atoms with Crippen molar-refractivity contribution in [2.45, 2.75) is 37.5 Å². The molecule has 1 aliphatic heterocycles. The topological polar surface area (TPSA) is 8.17 Å². The van der Waals surface area contributed by atoms with Gasteiger partial charge in [0.25, 0.3) is 0 Å². The van der Waals surface area contributed by atoms with Crippen LogP contribution in [0.4, 0.5) is 17.1 Å². The van der Waals surface area contributed by atoms with Crippen LogP contribution in [-0.2, 0) is 5.41 Å². The molecule has 1 spiro atoms. The van der Waals surface area contributed by atoms with Crippen molar-refractivity contribution in [3.05, 3.63) is 254 Å². The van der Waals surface area contributed by atoms with E-state index < -0.39 is 0 Å². The van der Waals surface area contributed by atoms with Gasteiger partial charge in [0.15, 0.2) is 0 Å². The summed E-state index contributed by atoms with van der Waals surface area (Å²) >= 11 is 0. The molecule has 0 saturated heterocycles. The Labute approximate surface area is 420 Å². The predicted molar refractivity (Wildman–Crippen MR) is 303 cm³/mol. The third-order valence-corrected chi connectivity index (χ3v) is 16.5. The van der Waals surface area contributed by atoms with Gasteiger partial charge in [-0.05, 0) is 133 Å². The van der Waals surface area contributed by atoms with E-state index in [9.17, 15) is 0 Å². The minimum absolute atomic E-state index is 0.0813. The molecule has 1 fully saturated rings. The summed E-state index contributed by atoms with van der Waals surface area (Å²) in [6.45, 7) is 0. The van der Waals surface area contributed by atoms with E-state index in [1.165, 1.54) is 137 Å². The van der Waals surface area contributed by atoms with E-state index in [4.69, 9.17) is 0 Å². The van der Waals surface area contributed by atoms with E-state index in [0.29, 0.717) is 0 Å². The second-order valence-corrected chi connectivity index (χ2v) is 20.3. The Bertz CT molecular complexity index is 4130. The van der Waals surface area contributed by atoms with Crippen LogP contribution < -0.4 is 4.90 Å². The summed E-state index contributed by atoms with van der Waals surface area (Å²) in [5.74, 6) is 0. The molecule has 0 radical (unpaired) electrons. The Morgan fingerprint density at radius 3 is 1.79 bits per heavy atom. The fourth-order valence-electron chi connectivity index (χ4n) is 13.3. The van der Waals surface area contributed by atoms with Gasteiger partial charge in [-0.3, -0.25) is 0 Å². The van der Waals surface area contributed by atoms with Crippen LogP contribution in [0.25, 0.3) is 105 Å². The predicted octanol–water partition coefficient (Wildman–Crippen LogP) is 19.3.